The monoisotopic (exact) mass is 364 g/mol. The number of aromatic amines is 1. The first kappa shape index (κ1) is 18.8. The van der Waals surface area contributed by atoms with Gasteiger partial charge in [0.25, 0.3) is 5.91 Å². The summed E-state index contributed by atoms with van der Waals surface area (Å²) in [7, 11) is 1.59. The maximum Gasteiger partial charge on any atom is 0.256 e. The third-order valence-corrected chi connectivity index (χ3v) is 4.53. The highest BCUT2D eigenvalue weighted by atomic mass is 16.5. The second-order valence-electron chi connectivity index (χ2n) is 6.48. The maximum absolute atomic E-state index is 12.5. The van der Waals surface area contributed by atoms with Gasteiger partial charge in [-0.3, -0.25) is 4.79 Å². The summed E-state index contributed by atoms with van der Waals surface area (Å²) in [5.74, 6) is 6.45. The molecular formula is C22H24N2O3. The van der Waals surface area contributed by atoms with Gasteiger partial charge in [-0.2, -0.15) is 0 Å². The summed E-state index contributed by atoms with van der Waals surface area (Å²) in [5.41, 5.74) is 3.45. The summed E-state index contributed by atoms with van der Waals surface area (Å²) in [6, 6.07) is 7.37. The lowest BCUT2D eigenvalue weighted by Crippen LogP contribution is -2.04. The largest absolute Gasteiger partial charge is 0.495 e. The third kappa shape index (κ3) is 4.24. The van der Waals surface area contributed by atoms with Crippen LogP contribution in [0, 0.1) is 11.8 Å². The van der Waals surface area contributed by atoms with Crippen LogP contribution in [0.4, 0.5) is 5.69 Å². The van der Waals surface area contributed by atoms with E-state index < -0.39 is 6.10 Å². The van der Waals surface area contributed by atoms with E-state index in [1.807, 2.05) is 18.2 Å². The first-order valence-electron chi connectivity index (χ1n) is 9.21. The molecule has 1 atom stereocenters. The normalized spacial score (nSPS) is 15.1. The van der Waals surface area contributed by atoms with Crippen molar-refractivity contribution in [3.63, 3.8) is 0 Å². The molecule has 0 spiro atoms. The molecule has 1 amide bonds. The zero-order chi connectivity index (χ0) is 19.2. The minimum atomic E-state index is -0.659. The molecule has 0 bridgehead atoms. The zero-order valence-electron chi connectivity index (χ0n) is 15.6. The van der Waals surface area contributed by atoms with Gasteiger partial charge in [-0.05, 0) is 37.1 Å². The number of amides is 1. The number of fused-ring (bicyclic) bond motifs is 1. The first-order chi connectivity index (χ1) is 13.1. The van der Waals surface area contributed by atoms with Crippen molar-refractivity contribution in [1.82, 2.24) is 4.98 Å². The molecule has 0 saturated carbocycles. The number of benzene rings is 1. The van der Waals surface area contributed by atoms with Gasteiger partial charge in [-0.1, -0.05) is 37.7 Å². The number of nitrogens with one attached hydrogen (secondary N) is 2. The van der Waals surface area contributed by atoms with E-state index in [1.54, 1.807) is 25.4 Å². The van der Waals surface area contributed by atoms with Crippen molar-refractivity contribution in [2.75, 3.05) is 12.4 Å². The molecule has 2 aromatic rings. The van der Waals surface area contributed by atoms with Crippen LogP contribution in [0.5, 0.6) is 5.75 Å². The summed E-state index contributed by atoms with van der Waals surface area (Å²) >= 11 is 0. The van der Waals surface area contributed by atoms with Crippen LogP contribution in [0.1, 0.15) is 49.4 Å². The van der Waals surface area contributed by atoms with Gasteiger partial charge in [0.2, 0.25) is 0 Å². The molecule has 5 heteroatoms. The molecule has 2 heterocycles. The van der Waals surface area contributed by atoms with Crippen LogP contribution in [0.25, 0.3) is 11.6 Å². The van der Waals surface area contributed by atoms with Gasteiger partial charge in [0, 0.05) is 17.3 Å². The Bertz CT molecular complexity index is 915. The molecule has 0 unspecified atom stereocenters. The number of methoxy groups -OCH3 is 1. The topological polar surface area (TPSA) is 74.3 Å². The van der Waals surface area contributed by atoms with E-state index in [0.717, 1.165) is 41.8 Å². The number of H-pyrrole nitrogens is 1. The van der Waals surface area contributed by atoms with Gasteiger partial charge in [0.1, 0.15) is 11.9 Å². The van der Waals surface area contributed by atoms with Crippen LogP contribution in [0.2, 0.25) is 0 Å². The molecule has 1 aromatic heterocycles. The summed E-state index contributed by atoms with van der Waals surface area (Å²) in [4.78, 5) is 15.6. The highest BCUT2D eigenvalue weighted by Gasteiger charge is 2.27. The van der Waals surface area contributed by atoms with E-state index in [9.17, 15) is 9.90 Å². The molecule has 5 nitrogen and oxygen atoms in total. The van der Waals surface area contributed by atoms with Crippen molar-refractivity contribution in [2.24, 2.45) is 0 Å². The molecule has 1 aliphatic heterocycles. The number of aromatic nitrogens is 1. The molecule has 3 rings (SSSR count). The molecule has 0 radical (unpaired) electrons. The minimum absolute atomic E-state index is 0.181. The van der Waals surface area contributed by atoms with Crippen LogP contribution in [-0.2, 0) is 4.79 Å². The van der Waals surface area contributed by atoms with Crippen molar-refractivity contribution >= 4 is 23.2 Å². The Morgan fingerprint density at radius 2 is 2.15 bits per heavy atom. The smallest absolute Gasteiger partial charge is 0.256 e. The fraction of sp³-hybridized carbons (Fsp3) is 0.318. The number of hydrogen-bond acceptors (Lipinski definition) is 3. The number of unbranched alkanes of at least 4 members (excludes halogenated alkanes) is 2. The van der Waals surface area contributed by atoms with Gasteiger partial charge in [-0.25, -0.2) is 0 Å². The molecule has 27 heavy (non-hydrogen) atoms. The molecule has 140 valence electrons. The Labute approximate surface area is 159 Å². The Morgan fingerprint density at radius 1 is 1.30 bits per heavy atom. The van der Waals surface area contributed by atoms with E-state index in [2.05, 4.69) is 29.1 Å². The predicted molar refractivity (Wildman–Crippen MR) is 107 cm³/mol. The Kier molecular flexibility index (Phi) is 6.00. The number of carbonyl (C=O) groups excluding carboxylic acids is 1. The molecule has 0 aliphatic carbocycles. The number of rotatable bonds is 6. The van der Waals surface area contributed by atoms with E-state index in [4.69, 9.17) is 4.74 Å². The number of aliphatic hydroxyl groups excluding tert-OH is 1. The summed E-state index contributed by atoms with van der Waals surface area (Å²) in [6.07, 6.45) is 6.68. The number of aliphatic hydroxyl groups is 1. The summed E-state index contributed by atoms with van der Waals surface area (Å²) < 4.78 is 5.31. The van der Waals surface area contributed by atoms with Crippen LogP contribution in [0.3, 0.4) is 0 Å². The van der Waals surface area contributed by atoms with E-state index in [0.29, 0.717) is 17.7 Å². The fourth-order valence-electron chi connectivity index (χ4n) is 3.12. The number of ether oxygens (including phenoxy) is 1. The second-order valence-corrected chi connectivity index (χ2v) is 6.48. The number of hydrogen-bond donors (Lipinski definition) is 3. The van der Waals surface area contributed by atoms with E-state index in [1.165, 1.54) is 0 Å². The lowest BCUT2D eigenvalue weighted by Gasteiger charge is -2.04. The quantitative estimate of drug-likeness (QED) is 0.414. The predicted octanol–water partition coefficient (Wildman–Crippen LogP) is 3.81. The van der Waals surface area contributed by atoms with Crippen molar-refractivity contribution in [2.45, 2.75) is 38.7 Å². The molecule has 1 aliphatic rings. The van der Waals surface area contributed by atoms with E-state index >= 15 is 0 Å². The van der Waals surface area contributed by atoms with Crippen LogP contribution >= 0.6 is 0 Å². The van der Waals surface area contributed by atoms with E-state index in [-0.39, 0.29) is 5.91 Å². The Balaban J connectivity index is 1.93. The average Bonchev–Trinajstić information content (AvgIpc) is 3.24. The van der Waals surface area contributed by atoms with Crippen molar-refractivity contribution in [3.05, 3.63) is 47.3 Å². The van der Waals surface area contributed by atoms with Gasteiger partial charge < -0.3 is 20.1 Å². The highest BCUT2D eigenvalue weighted by Crippen LogP contribution is 2.36. The standard InChI is InChI=1S/C22H24N2O3/c1-3-4-5-8-16(25)11-10-15-7-6-9-18-21(15)17(22(26)24-18)14-19-20(27-2)12-13-23-19/h6-7,9,12-14,16,23,25H,3-5,8H2,1-2H3,(H,24,26)/b17-14-/t16-/m0/s1. The molecule has 1 aromatic carbocycles. The van der Waals surface area contributed by atoms with Gasteiger partial charge >= 0.3 is 0 Å². The van der Waals surface area contributed by atoms with Gasteiger partial charge in [0.15, 0.2) is 0 Å². The Morgan fingerprint density at radius 3 is 2.93 bits per heavy atom. The first-order valence-corrected chi connectivity index (χ1v) is 9.21. The number of anilines is 1. The fourth-order valence-corrected chi connectivity index (χ4v) is 3.12. The zero-order valence-corrected chi connectivity index (χ0v) is 15.6. The molecular weight excluding hydrogens is 340 g/mol. The molecule has 0 saturated heterocycles. The molecule has 0 fully saturated rings. The average molecular weight is 364 g/mol. The Hall–Kier alpha value is -2.97. The maximum atomic E-state index is 12.5. The van der Waals surface area contributed by atoms with Crippen molar-refractivity contribution in [1.29, 1.82) is 0 Å². The van der Waals surface area contributed by atoms with Crippen LogP contribution < -0.4 is 10.1 Å². The number of carbonyl (C=O) groups is 1. The van der Waals surface area contributed by atoms with Gasteiger partial charge in [0.05, 0.1) is 24.1 Å². The minimum Gasteiger partial charge on any atom is -0.495 e. The van der Waals surface area contributed by atoms with Crippen LogP contribution in [-0.4, -0.2) is 29.2 Å². The molecule has 3 N–H and O–H groups in total. The summed E-state index contributed by atoms with van der Waals surface area (Å²) in [6.45, 7) is 2.13. The van der Waals surface area contributed by atoms with Crippen LogP contribution in [0.15, 0.2) is 30.5 Å². The lowest BCUT2D eigenvalue weighted by molar-refractivity contribution is -0.110. The van der Waals surface area contributed by atoms with Gasteiger partial charge in [-0.15, -0.1) is 0 Å². The van der Waals surface area contributed by atoms with Crippen molar-refractivity contribution in [3.8, 4) is 17.6 Å². The summed E-state index contributed by atoms with van der Waals surface area (Å²) in [5, 5.41) is 13.0. The third-order valence-electron chi connectivity index (χ3n) is 4.53. The van der Waals surface area contributed by atoms with Crippen molar-refractivity contribution < 1.29 is 14.6 Å². The lowest BCUT2D eigenvalue weighted by atomic mass is 9.99. The highest BCUT2D eigenvalue weighted by molar-refractivity contribution is 6.35. The second kappa shape index (κ2) is 8.61. The SMILES string of the molecule is CCCCC[C@H](O)C#Cc1cccc2c1/C(=C/c1[nH]ccc1OC)C(=O)N2.